The minimum absolute atomic E-state index is 0.590. The fourth-order valence-corrected chi connectivity index (χ4v) is 2.69. The molecule has 1 aliphatic rings. The average Bonchev–Trinajstić information content (AvgIpc) is 2.74. The van der Waals surface area contributed by atoms with Crippen molar-refractivity contribution >= 4 is 5.97 Å². The Morgan fingerprint density at radius 2 is 2.44 bits per heavy atom. The lowest BCUT2D eigenvalue weighted by molar-refractivity contribution is -0.153. The molecule has 100 valence electrons. The van der Waals surface area contributed by atoms with Gasteiger partial charge in [0.05, 0.1) is 17.7 Å². The third-order valence-electron chi connectivity index (χ3n) is 3.84. The van der Waals surface area contributed by atoms with Gasteiger partial charge in [-0.2, -0.15) is 0 Å². The van der Waals surface area contributed by atoms with Gasteiger partial charge in [-0.25, -0.2) is 0 Å². The summed E-state index contributed by atoms with van der Waals surface area (Å²) in [6, 6.07) is 1.91. The SMILES string of the molecule is CCC1(C(=O)O)CCCN(Cc2cc(C)no2)C1. The summed E-state index contributed by atoms with van der Waals surface area (Å²) in [4.78, 5) is 13.6. The first kappa shape index (κ1) is 13.1. The Hall–Kier alpha value is -1.36. The molecule has 1 saturated heterocycles. The number of piperidine rings is 1. The molecule has 1 aromatic heterocycles. The van der Waals surface area contributed by atoms with Gasteiger partial charge >= 0.3 is 5.97 Å². The summed E-state index contributed by atoms with van der Waals surface area (Å²) >= 11 is 0. The highest BCUT2D eigenvalue weighted by Gasteiger charge is 2.40. The Bertz CT molecular complexity index is 430. The van der Waals surface area contributed by atoms with Crippen LogP contribution in [0.5, 0.6) is 0 Å². The number of likely N-dealkylation sites (tertiary alicyclic amines) is 1. The summed E-state index contributed by atoms with van der Waals surface area (Å²) < 4.78 is 5.19. The largest absolute Gasteiger partial charge is 0.481 e. The Morgan fingerprint density at radius 1 is 1.67 bits per heavy atom. The van der Waals surface area contributed by atoms with E-state index in [-0.39, 0.29) is 0 Å². The van der Waals surface area contributed by atoms with Gasteiger partial charge in [0.2, 0.25) is 0 Å². The minimum atomic E-state index is -0.677. The first-order chi connectivity index (χ1) is 8.55. The van der Waals surface area contributed by atoms with Crippen molar-refractivity contribution < 1.29 is 14.4 Å². The van der Waals surface area contributed by atoms with Crippen LogP contribution in [0.15, 0.2) is 10.6 Å². The molecule has 0 aliphatic carbocycles. The molecule has 1 aromatic rings. The fraction of sp³-hybridized carbons (Fsp3) is 0.692. The van der Waals surface area contributed by atoms with E-state index in [1.807, 2.05) is 19.9 Å². The van der Waals surface area contributed by atoms with Crippen LogP contribution < -0.4 is 0 Å². The second-order valence-electron chi connectivity index (χ2n) is 5.19. The van der Waals surface area contributed by atoms with Crippen molar-refractivity contribution in [3.63, 3.8) is 0 Å². The van der Waals surface area contributed by atoms with Crippen LogP contribution in [-0.4, -0.2) is 34.2 Å². The topological polar surface area (TPSA) is 66.6 Å². The van der Waals surface area contributed by atoms with E-state index in [1.54, 1.807) is 0 Å². The molecule has 1 atom stereocenters. The molecule has 1 aliphatic heterocycles. The normalized spacial score (nSPS) is 25.2. The third kappa shape index (κ3) is 2.56. The zero-order valence-corrected chi connectivity index (χ0v) is 11.0. The van der Waals surface area contributed by atoms with E-state index in [0.29, 0.717) is 19.5 Å². The average molecular weight is 252 g/mol. The quantitative estimate of drug-likeness (QED) is 0.888. The van der Waals surface area contributed by atoms with E-state index in [0.717, 1.165) is 30.8 Å². The number of aromatic nitrogens is 1. The summed E-state index contributed by atoms with van der Waals surface area (Å²) in [5.41, 5.74) is 0.273. The standard InChI is InChI=1S/C13H20N2O3/c1-3-13(12(16)17)5-4-6-15(9-13)8-11-7-10(2)14-18-11/h7H,3-6,8-9H2,1-2H3,(H,16,17). The molecular weight excluding hydrogens is 232 g/mol. The highest BCUT2D eigenvalue weighted by molar-refractivity contribution is 5.75. The van der Waals surface area contributed by atoms with E-state index in [1.165, 1.54) is 0 Å². The van der Waals surface area contributed by atoms with Crippen molar-refractivity contribution in [2.75, 3.05) is 13.1 Å². The zero-order chi connectivity index (χ0) is 13.2. The molecule has 18 heavy (non-hydrogen) atoms. The van der Waals surface area contributed by atoms with Gasteiger partial charge in [0.1, 0.15) is 0 Å². The monoisotopic (exact) mass is 252 g/mol. The second kappa shape index (κ2) is 5.10. The number of hydrogen-bond acceptors (Lipinski definition) is 4. The van der Waals surface area contributed by atoms with E-state index < -0.39 is 11.4 Å². The van der Waals surface area contributed by atoms with Crippen LogP contribution in [0.2, 0.25) is 0 Å². The van der Waals surface area contributed by atoms with Crippen molar-refractivity contribution in [1.82, 2.24) is 10.1 Å². The summed E-state index contributed by atoms with van der Waals surface area (Å²) in [6.45, 7) is 6.01. The number of carboxylic acid groups (broad SMARTS) is 1. The Morgan fingerprint density at radius 3 is 3.00 bits per heavy atom. The van der Waals surface area contributed by atoms with Crippen molar-refractivity contribution in [2.45, 2.75) is 39.7 Å². The Labute approximate surface area is 107 Å². The second-order valence-corrected chi connectivity index (χ2v) is 5.19. The minimum Gasteiger partial charge on any atom is -0.481 e. The van der Waals surface area contributed by atoms with Gasteiger partial charge in [0, 0.05) is 12.6 Å². The highest BCUT2D eigenvalue weighted by atomic mass is 16.5. The maximum atomic E-state index is 11.4. The number of carbonyl (C=O) groups is 1. The first-order valence-corrected chi connectivity index (χ1v) is 6.44. The van der Waals surface area contributed by atoms with Gasteiger partial charge in [0.15, 0.2) is 5.76 Å². The van der Waals surface area contributed by atoms with Crippen LogP contribution in [0, 0.1) is 12.3 Å². The molecule has 2 rings (SSSR count). The summed E-state index contributed by atoms with van der Waals surface area (Å²) in [5, 5.41) is 13.3. The molecule has 0 radical (unpaired) electrons. The lowest BCUT2D eigenvalue weighted by Crippen LogP contribution is -2.47. The highest BCUT2D eigenvalue weighted by Crippen LogP contribution is 2.34. The molecule has 0 aromatic carbocycles. The number of nitrogens with zero attached hydrogens (tertiary/aromatic N) is 2. The molecule has 0 bridgehead atoms. The zero-order valence-electron chi connectivity index (χ0n) is 11.0. The number of aryl methyl sites for hydroxylation is 1. The number of carboxylic acids is 1. The van der Waals surface area contributed by atoms with Crippen LogP contribution in [-0.2, 0) is 11.3 Å². The first-order valence-electron chi connectivity index (χ1n) is 6.44. The molecular formula is C13H20N2O3. The molecule has 0 saturated carbocycles. The van der Waals surface area contributed by atoms with E-state index in [2.05, 4.69) is 10.1 Å². The summed E-state index contributed by atoms with van der Waals surface area (Å²) in [6.07, 6.45) is 2.37. The van der Waals surface area contributed by atoms with Gasteiger partial charge in [-0.3, -0.25) is 9.69 Å². The summed E-state index contributed by atoms with van der Waals surface area (Å²) in [7, 11) is 0. The molecule has 1 fully saturated rings. The van der Waals surface area contributed by atoms with Crippen LogP contribution in [0.1, 0.15) is 37.6 Å². The molecule has 1 N–H and O–H groups in total. The number of hydrogen-bond donors (Lipinski definition) is 1. The fourth-order valence-electron chi connectivity index (χ4n) is 2.69. The smallest absolute Gasteiger partial charge is 0.310 e. The molecule has 0 spiro atoms. The predicted molar refractivity (Wildman–Crippen MR) is 66.1 cm³/mol. The van der Waals surface area contributed by atoms with Crippen LogP contribution in [0.25, 0.3) is 0 Å². The maximum Gasteiger partial charge on any atom is 0.310 e. The van der Waals surface area contributed by atoms with Gasteiger partial charge in [-0.1, -0.05) is 12.1 Å². The van der Waals surface area contributed by atoms with Crippen molar-refractivity contribution in [3.8, 4) is 0 Å². The van der Waals surface area contributed by atoms with Gasteiger partial charge < -0.3 is 9.63 Å². The third-order valence-corrected chi connectivity index (χ3v) is 3.84. The molecule has 1 unspecified atom stereocenters. The Balaban J connectivity index is 2.04. The lowest BCUT2D eigenvalue weighted by Gasteiger charge is -2.38. The van der Waals surface area contributed by atoms with Crippen molar-refractivity contribution in [1.29, 1.82) is 0 Å². The van der Waals surface area contributed by atoms with Gasteiger partial charge in [-0.15, -0.1) is 0 Å². The maximum absolute atomic E-state index is 11.4. The van der Waals surface area contributed by atoms with Crippen molar-refractivity contribution in [3.05, 3.63) is 17.5 Å². The van der Waals surface area contributed by atoms with Crippen LogP contribution >= 0.6 is 0 Å². The molecule has 0 amide bonds. The van der Waals surface area contributed by atoms with Gasteiger partial charge in [-0.05, 0) is 32.7 Å². The summed E-state index contributed by atoms with van der Waals surface area (Å²) in [5.74, 6) is 0.133. The predicted octanol–water partition coefficient (Wildman–Crippen LogP) is 2.06. The number of rotatable bonds is 4. The lowest BCUT2D eigenvalue weighted by atomic mass is 9.77. The van der Waals surface area contributed by atoms with Crippen molar-refractivity contribution in [2.24, 2.45) is 5.41 Å². The van der Waals surface area contributed by atoms with E-state index >= 15 is 0 Å². The Kier molecular flexibility index (Phi) is 3.71. The van der Waals surface area contributed by atoms with E-state index in [4.69, 9.17) is 4.52 Å². The number of aliphatic carboxylic acids is 1. The molecule has 5 nitrogen and oxygen atoms in total. The van der Waals surface area contributed by atoms with Gasteiger partial charge in [0.25, 0.3) is 0 Å². The molecule has 2 heterocycles. The van der Waals surface area contributed by atoms with Crippen LogP contribution in [0.4, 0.5) is 0 Å². The molecule has 5 heteroatoms. The van der Waals surface area contributed by atoms with E-state index in [9.17, 15) is 9.90 Å². The van der Waals surface area contributed by atoms with Crippen LogP contribution in [0.3, 0.4) is 0 Å².